The number of nitriles is 1. The smallest absolute Gasteiger partial charge is 0.224 e. The minimum atomic E-state index is -0.107. The number of methoxy groups -OCH3 is 1. The van der Waals surface area contributed by atoms with Gasteiger partial charge in [0.25, 0.3) is 0 Å². The average molecular weight is 292 g/mol. The standard InChI is InChI=1S/C13H16N4O2S/c1-4-12(18)17-10-7-9(5-6-11(10)19-2)16-13(20-3)15-8-14/h5-7H,4H2,1-3H3,(H,15,16)(H,17,18). The Hall–Kier alpha value is -2.20. The van der Waals surface area contributed by atoms with E-state index >= 15 is 0 Å². The van der Waals surface area contributed by atoms with E-state index in [-0.39, 0.29) is 5.91 Å². The summed E-state index contributed by atoms with van der Waals surface area (Å²) in [7, 11) is 1.53. The Balaban J connectivity index is 3.09. The maximum absolute atomic E-state index is 11.5. The molecular weight excluding hydrogens is 276 g/mol. The first-order valence-electron chi connectivity index (χ1n) is 5.90. The minimum Gasteiger partial charge on any atom is -0.495 e. The first-order chi connectivity index (χ1) is 9.64. The Kier molecular flexibility index (Phi) is 6.40. The summed E-state index contributed by atoms with van der Waals surface area (Å²) in [5, 5.41) is 14.3. The Bertz CT molecular complexity index is 552. The van der Waals surface area contributed by atoms with Crippen LogP contribution < -0.4 is 15.4 Å². The first kappa shape index (κ1) is 15.9. The summed E-state index contributed by atoms with van der Waals surface area (Å²) in [4.78, 5) is 15.8. The van der Waals surface area contributed by atoms with E-state index in [2.05, 4.69) is 15.6 Å². The third-order valence-electron chi connectivity index (χ3n) is 2.37. The molecule has 0 fully saturated rings. The molecule has 0 spiro atoms. The molecule has 0 radical (unpaired) electrons. The van der Waals surface area contributed by atoms with E-state index < -0.39 is 0 Å². The van der Waals surface area contributed by atoms with E-state index in [1.807, 2.05) is 12.4 Å². The molecule has 0 atom stereocenters. The lowest BCUT2D eigenvalue weighted by Crippen LogP contribution is -2.12. The zero-order chi connectivity index (χ0) is 15.0. The molecule has 0 aliphatic carbocycles. The van der Waals surface area contributed by atoms with Crippen LogP contribution in [0.25, 0.3) is 0 Å². The number of rotatable bonds is 4. The van der Waals surface area contributed by atoms with Gasteiger partial charge in [0.1, 0.15) is 5.75 Å². The number of anilines is 1. The predicted molar refractivity (Wildman–Crippen MR) is 81.3 cm³/mol. The van der Waals surface area contributed by atoms with Crippen LogP contribution in [0.4, 0.5) is 11.4 Å². The maximum atomic E-state index is 11.5. The van der Waals surface area contributed by atoms with Gasteiger partial charge < -0.3 is 10.1 Å². The number of aliphatic imine (C=N–C) groups is 1. The normalized spacial score (nSPS) is 10.6. The number of carbonyl (C=O) groups is 1. The highest BCUT2D eigenvalue weighted by molar-refractivity contribution is 8.13. The van der Waals surface area contributed by atoms with Gasteiger partial charge in [0.05, 0.1) is 18.5 Å². The molecule has 0 heterocycles. The molecular formula is C13H16N4O2S. The van der Waals surface area contributed by atoms with E-state index in [0.717, 1.165) is 0 Å². The van der Waals surface area contributed by atoms with E-state index in [4.69, 9.17) is 10.00 Å². The molecule has 2 N–H and O–H groups in total. The third kappa shape index (κ3) is 4.48. The predicted octanol–water partition coefficient (Wildman–Crippen LogP) is 2.46. The summed E-state index contributed by atoms with van der Waals surface area (Å²) in [5.41, 5.74) is 1.17. The summed E-state index contributed by atoms with van der Waals surface area (Å²) in [6.45, 7) is 1.77. The van der Waals surface area contributed by atoms with Crippen LogP contribution in [0.1, 0.15) is 13.3 Å². The van der Waals surface area contributed by atoms with Crippen molar-refractivity contribution in [3.63, 3.8) is 0 Å². The van der Waals surface area contributed by atoms with Crippen LogP contribution in [-0.2, 0) is 4.79 Å². The van der Waals surface area contributed by atoms with Crippen LogP contribution in [0.5, 0.6) is 5.75 Å². The number of benzene rings is 1. The van der Waals surface area contributed by atoms with Crippen molar-refractivity contribution < 1.29 is 9.53 Å². The molecule has 0 aliphatic heterocycles. The molecule has 0 saturated heterocycles. The van der Waals surface area contributed by atoms with Crippen LogP contribution in [0.15, 0.2) is 23.2 Å². The number of amides is 1. The maximum Gasteiger partial charge on any atom is 0.224 e. The van der Waals surface area contributed by atoms with Gasteiger partial charge in [-0.2, -0.15) is 5.26 Å². The SMILES string of the molecule is CCC(=O)Nc1cc(N=C(NC#N)SC)ccc1OC. The number of nitrogens with one attached hydrogen (secondary N) is 2. The van der Waals surface area contributed by atoms with Gasteiger partial charge in [-0.1, -0.05) is 18.7 Å². The van der Waals surface area contributed by atoms with Crippen molar-refractivity contribution in [1.82, 2.24) is 5.32 Å². The van der Waals surface area contributed by atoms with Crippen molar-refractivity contribution >= 4 is 34.2 Å². The average Bonchev–Trinajstić information content (AvgIpc) is 2.47. The highest BCUT2D eigenvalue weighted by atomic mass is 32.2. The first-order valence-corrected chi connectivity index (χ1v) is 7.12. The molecule has 7 heteroatoms. The van der Waals surface area contributed by atoms with Crippen molar-refractivity contribution in [3.05, 3.63) is 18.2 Å². The molecule has 1 rings (SSSR count). The second kappa shape index (κ2) is 8.07. The van der Waals surface area contributed by atoms with Gasteiger partial charge in [-0.15, -0.1) is 0 Å². The fourth-order valence-electron chi connectivity index (χ4n) is 1.39. The Morgan fingerprint density at radius 3 is 2.85 bits per heavy atom. The van der Waals surface area contributed by atoms with E-state index in [1.165, 1.54) is 18.9 Å². The molecule has 106 valence electrons. The number of hydrogen-bond acceptors (Lipinski definition) is 5. The number of thioether (sulfide) groups is 1. The summed E-state index contributed by atoms with van der Waals surface area (Å²) in [6, 6.07) is 5.16. The lowest BCUT2D eigenvalue weighted by Gasteiger charge is -2.10. The van der Waals surface area contributed by atoms with Crippen molar-refractivity contribution in [2.75, 3.05) is 18.7 Å². The third-order valence-corrected chi connectivity index (χ3v) is 2.95. The quantitative estimate of drug-likeness (QED) is 0.385. The Labute approximate surface area is 122 Å². The Morgan fingerprint density at radius 1 is 1.55 bits per heavy atom. The van der Waals surface area contributed by atoms with Crippen molar-refractivity contribution in [3.8, 4) is 11.9 Å². The van der Waals surface area contributed by atoms with Crippen molar-refractivity contribution in [2.24, 2.45) is 4.99 Å². The van der Waals surface area contributed by atoms with Crippen molar-refractivity contribution in [2.45, 2.75) is 13.3 Å². The fourth-order valence-corrected chi connectivity index (χ4v) is 1.74. The van der Waals surface area contributed by atoms with Crippen LogP contribution in [0, 0.1) is 11.5 Å². The number of amidine groups is 1. The Morgan fingerprint density at radius 2 is 2.30 bits per heavy atom. The highest BCUT2D eigenvalue weighted by Crippen LogP contribution is 2.29. The number of ether oxygens (including phenoxy) is 1. The van der Waals surface area contributed by atoms with Gasteiger partial charge in [0.2, 0.25) is 5.91 Å². The number of hydrogen-bond donors (Lipinski definition) is 2. The molecule has 0 bridgehead atoms. The highest BCUT2D eigenvalue weighted by Gasteiger charge is 2.07. The van der Waals surface area contributed by atoms with Crippen LogP contribution in [0.3, 0.4) is 0 Å². The molecule has 6 nitrogen and oxygen atoms in total. The molecule has 1 aromatic rings. The van der Waals surface area contributed by atoms with E-state index in [0.29, 0.717) is 28.7 Å². The largest absolute Gasteiger partial charge is 0.495 e. The fraction of sp³-hybridized carbons (Fsp3) is 0.308. The summed E-state index contributed by atoms with van der Waals surface area (Å²) >= 11 is 1.32. The molecule has 0 aliphatic rings. The monoisotopic (exact) mass is 292 g/mol. The van der Waals surface area contributed by atoms with Crippen LogP contribution >= 0.6 is 11.8 Å². The molecule has 0 unspecified atom stereocenters. The zero-order valence-corrected chi connectivity index (χ0v) is 12.4. The van der Waals surface area contributed by atoms with Gasteiger partial charge >= 0.3 is 0 Å². The second-order valence-corrected chi connectivity index (χ2v) is 4.44. The van der Waals surface area contributed by atoms with Crippen LogP contribution in [-0.4, -0.2) is 24.4 Å². The van der Waals surface area contributed by atoms with Gasteiger partial charge in [-0.3, -0.25) is 10.1 Å². The van der Waals surface area contributed by atoms with Crippen LogP contribution in [0.2, 0.25) is 0 Å². The van der Waals surface area contributed by atoms with Gasteiger partial charge in [0.15, 0.2) is 11.4 Å². The summed E-state index contributed by atoms with van der Waals surface area (Å²) in [5.74, 6) is 0.453. The molecule has 1 aromatic carbocycles. The second-order valence-electron chi connectivity index (χ2n) is 3.64. The lowest BCUT2D eigenvalue weighted by molar-refractivity contribution is -0.115. The van der Waals surface area contributed by atoms with Crippen molar-refractivity contribution in [1.29, 1.82) is 5.26 Å². The topological polar surface area (TPSA) is 86.5 Å². The minimum absolute atomic E-state index is 0.107. The molecule has 1 amide bonds. The molecule has 0 aromatic heterocycles. The lowest BCUT2D eigenvalue weighted by atomic mass is 10.2. The summed E-state index contributed by atoms with van der Waals surface area (Å²) < 4.78 is 5.19. The molecule has 20 heavy (non-hydrogen) atoms. The van der Waals surface area contributed by atoms with Gasteiger partial charge in [-0.05, 0) is 24.5 Å². The van der Waals surface area contributed by atoms with E-state index in [1.54, 1.807) is 25.1 Å². The zero-order valence-electron chi connectivity index (χ0n) is 11.6. The van der Waals surface area contributed by atoms with E-state index in [9.17, 15) is 4.79 Å². The van der Waals surface area contributed by atoms with Gasteiger partial charge in [0, 0.05) is 6.42 Å². The summed E-state index contributed by atoms with van der Waals surface area (Å²) in [6.07, 6.45) is 4.01. The number of carbonyl (C=O) groups excluding carboxylic acids is 1. The molecule has 0 saturated carbocycles. The number of nitrogens with zero attached hydrogens (tertiary/aromatic N) is 2. The van der Waals surface area contributed by atoms with Gasteiger partial charge in [-0.25, -0.2) is 4.99 Å².